The fourth-order valence-corrected chi connectivity index (χ4v) is 3.17. The summed E-state index contributed by atoms with van der Waals surface area (Å²) in [7, 11) is 3.97. The highest BCUT2D eigenvalue weighted by Crippen LogP contribution is 2.32. The third kappa shape index (κ3) is 4.47. The molecule has 3 aromatic rings. The molecule has 0 saturated heterocycles. The van der Waals surface area contributed by atoms with Gasteiger partial charge in [0.05, 0.1) is 22.5 Å². The number of rotatable bonds is 5. The maximum atomic E-state index is 12.6. The molecule has 7 heteroatoms. The van der Waals surface area contributed by atoms with Gasteiger partial charge in [0.25, 0.3) is 0 Å². The third-order valence-electron chi connectivity index (χ3n) is 3.72. The normalized spacial score (nSPS) is 11.9. The molecule has 0 unspecified atom stereocenters. The van der Waals surface area contributed by atoms with Gasteiger partial charge in [-0.25, -0.2) is 4.98 Å². The van der Waals surface area contributed by atoms with E-state index in [1.54, 1.807) is 0 Å². The van der Waals surface area contributed by atoms with Gasteiger partial charge in [0.1, 0.15) is 0 Å². The van der Waals surface area contributed by atoms with E-state index >= 15 is 0 Å². The van der Waals surface area contributed by atoms with Crippen molar-refractivity contribution in [2.24, 2.45) is 0 Å². The second kappa shape index (κ2) is 7.55. The Labute approximate surface area is 154 Å². The molecule has 2 aromatic carbocycles. The molecule has 1 aromatic heterocycles. The summed E-state index contributed by atoms with van der Waals surface area (Å²) in [6, 6.07) is 14.9. The van der Waals surface area contributed by atoms with E-state index in [0.717, 1.165) is 41.0 Å². The molecule has 26 heavy (non-hydrogen) atoms. The maximum Gasteiger partial charge on any atom is 0.416 e. The molecule has 1 N–H and O–H groups in total. The minimum absolute atomic E-state index is 0.651. The summed E-state index contributed by atoms with van der Waals surface area (Å²) in [6.07, 6.45) is -4.32. The van der Waals surface area contributed by atoms with Gasteiger partial charge in [-0.2, -0.15) is 13.2 Å². The van der Waals surface area contributed by atoms with Crippen LogP contribution in [0.25, 0.3) is 10.9 Å². The van der Waals surface area contributed by atoms with Crippen LogP contribution in [0.1, 0.15) is 11.3 Å². The monoisotopic (exact) mass is 377 g/mol. The zero-order valence-electron chi connectivity index (χ0n) is 14.3. The highest BCUT2D eigenvalue weighted by Gasteiger charge is 2.29. The lowest BCUT2D eigenvalue weighted by molar-refractivity contribution is -0.137. The first-order valence-corrected chi connectivity index (χ1v) is 8.78. The van der Waals surface area contributed by atoms with Crippen molar-refractivity contribution in [3.05, 3.63) is 65.9 Å². The summed E-state index contributed by atoms with van der Waals surface area (Å²) in [5.74, 6) is 0. The molecule has 0 amide bonds. The molecule has 0 bridgehead atoms. The lowest BCUT2D eigenvalue weighted by atomic mass is 10.2. The van der Waals surface area contributed by atoms with Gasteiger partial charge < -0.3 is 9.62 Å². The number of hydrogen-bond acceptors (Lipinski definition) is 4. The minimum Gasteiger partial charge on any atom is -0.324 e. The average Bonchev–Trinajstić information content (AvgIpc) is 2.59. The Hall–Kier alpha value is -2.25. The first-order valence-electron chi connectivity index (χ1n) is 7.96. The molecule has 3 nitrogen and oxygen atoms in total. The van der Waals surface area contributed by atoms with Crippen molar-refractivity contribution >= 4 is 28.5 Å². The van der Waals surface area contributed by atoms with Crippen LogP contribution in [0.5, 0.6) is 0 Å². The summed E-state index contributed by atoms with van der Waals surface area (Å²) in [5, 5.41) is 1.01. The zero-order valence-corrected chi connectivity index (χ0v) is 15.2. The van der Waals surface area contributed by atoms with Crippen molar-refractivity contribution < 1.29 is 13.2 Å². The Bertz CT molecular complexity index is 893. The van der Waals surface area contributed by atoms with Gasteiger partial charge in [-0.1, -0.05) is 18.2 Å². The smallest absolute Gasteiger partial charge is 0.324 e. The number of nitrogens with one attached hydrogen (secondary N) is 1. The average molecular weight is 377 g/mol. The Morgan fingerprint density at radius 2 is 1.73 bits per heavy atom. The highest BCUT2D eigenvalue weighted by atomic mass is 32.2. The fourth-order valence-electron chi connectivity index (χ4n) is 2.51. The molecule has 0 fully saturated rings. The van der Waals surface area contributed by atoms with Crippen LogP contribution in [-0.4, -0.2) is 24.0 Å². The number of benzene rings is 2. The number of alkyl halides is 3. The summed E-state index contributed by atoms with van der Waals surface area (Å²) < 4.78 is 41.1. The highest BCUT2D eigenvalue weighted by molar-refractivity contribution is 8.00. The predicted octanol–water partition coefficient (Wildman–Crippen LogP) is 5.43. The van der Waals surface area contributed by atoms with Gasteiger partial charge in [-0.15, -0.1) is 0 Å². The number of hydrogen-bond donors (Lipinski definition) is 1. The molecule has 0 saturated carbocycles. The molecule has 0 aliphatic rings. The molecule has 136 valence electrons. The quantitative estimate of drug-likeness (QED) is 0.600. The van der Waals surface area contributed by atoms with Gasteiger partial charge in [0.2, 0.25) is 0 Å². The Balaban J connectivity index is 1.80. The topological polar surface area (TPSA) is 28.2 Å². The Morgan fingerprint density at radius 1 is 1.00 bits per heavy atom. The summed E-state index contributed by atoms with van der Waals surface area (Å²) >= 11 is 1.26. The van der Waals surface area contributed by atoms with Gasteiger partial charge in [-0.3, -0.25) is 0 Å². The molecular weight excluding hydrogens is 359 g/mol. The fraction of sp³-hybridized carbons (Fsp3) is 0.211. The summed E-state index contributed by atoms with van der Waals surface area (Å²) in [6.45, 7) is 0.732. The van der Waals surface area contributed by atoms with Crippen LogP contribution in [0.15, 0.2) is 59.5 Å². The Morgan fingerprint density at radius 3 is 2.38 bits per heavy atom. The van der Waals surface area contributed by atoms with Crippen LogP contribution < -0.4 is 4.72 Å². The van der Waals surface area contributed by atoms with E-state index in [2.05, 4.69) is 4.72 Å². The van der Waals surface area contributed by atoms with E-state index in [9.17, 15) is 13.2 Å². The molecule has 0 aliphatic heterocycles. The number of fused-ring (bicyclic) bond motifs is 1. The molecule has 3 rings (SSSR count). The predicted molar refractivity (Wildman–Crippen MR) is 100 cm³/mol. The second-order valence-corrected chi connectivity index (χ2v) is 7.02. The minimum atomic E-state index is -4.32. The zero-order chi connectivity index (χ0) is 18.7. The maximum absolute atomic E-state index is 12.6. The Kier molecular flexibility index (Phi) is 5.38. The number of nitrogens with zero attached hydrogens (tertiary/aromatic N) is 2. The van der Waals surface area contributed by atoms with Crippen LogP contribution in [-0.2, 0) is 12.7 Å². The van der Waals surface area contributed by atoms with Crippen LogP contribution in [0.2, 0.25) is 0 Å². The van der Waals surface area contributed by atoms with E-state index < -0.39 is 11.7 Å². The summed E-state index contributed by atoms with van der Waals surface area (Å²) in [5.41, 5.74) is 1.97. The van der Waals surface area contributed by atoms with Crippen molar-refractivity contribution in [3.8, 4) is 0 Å². The lowest BCUT2D eigenvalue weighted by Crippen LogP contribution is -2.11. The van der Waals surface area contributed by atoms with Crippen molar-refractivity contribution in [2.45, 2.75) is 17.6 Å². The number of pyridine rings is 1. The molecule has 0 aliphatic carbocycles. The molecule has 0 atom stereocenters. The number of anilines is 1. The van der Waals surface area contributed by atoms with Gasteiger partial charge in [-0.05, 0) is 62.4 Å². The van der Waals surface area contributed by atoms with Crippen LogP contribution in [0.4, 0.5) is 18.9 Å². The second-order valence-electron chi connectivity index (χ2n) is 6.14. The van der Waals surface area contributed by atoms with E-state index in [4.69, 9.17) is 4.98 Å². The van der Waals surface area contributed by atoms with Crippen molar-refractivity contribution in [3.63, 3.8) is 0 Å². The van der Waals surface area contributed by atoms with Gasteiger partial charge in [0, 0.05) is 16.8 Å². The van der Waals surface area contributed by atoms with Crippen LogP contribution >= 0.6 is 11.9 Å². The molecular formula is C19H18F3N3S. The molecule has 0 spiro atoms. The first kappa shape index (κ1) is 18.5. The molecule has 1 heterocycles. The van der Waals surface area contributed by atoms with Crippen molar-refractivity contribution in [1.29, 1.82) is 0 Å². The van der Waals surface area contributed by atoms with E-state index in [1.807, 2.05) is 49.3 Å². The number of para-hydroxylation sites is 1. The van der Waals surface area contributed by atoms with Crippen LogP contribution in [0, 0.1) is 0 Å². The van der Waals surface area contributed by atoms with Gasteiger partial charge in [0.15, 0.2) is 0 Å². The SMILES string of the molecule is CN(C)Cc1ccc2cccc(NSc3ccc(C(F)(F)F)cc3)c2n1. The van der Waals surface area contributed by atoms with E-state index in [0.29, 0.717) is 4.90 Å². The van der Waals surface area contributed by atoms with Gasteiger partial charge >= 0.3 is 6.18 Å². The molecule has 0 radical (unpaired) electrons. The van der Waals surface area contributed by atoms with Crippen molar-refractivity contribution in [1.82, 2.24) is 9.88 Å². The number of halogens is 3. The van der Waals surface area contributed by atoms with Crippen molar-refractivity contribution in [2.75, 3.05) is 18.8 Å². The van der Waals surface area contributed by atoms with E-state index in [1.165, 1.54) is 24.1 Å². The van der Waals surface area contributed by atoms with Crippen LogP contribution in [0.3, 0.4) is 0 Å². The summed E-state index contributed by atoms with van der Waals surface area (Å²) in [4.78, 5) is 7.44. The number of aromatic nitrogens is 1. The largest absolute Gasteiger partial charge is 0.416 e. The first-order chi connectivity index (χ1) is 12.3. The lowest BCUT2D eigenvalue weighted by Gasteiger charge is -2.12. The van der Waals surface area contributed by atoms with E-state index in [-0.39, 0.29) is 0 Å². The third-order valence-corrected chi connectivity index (χ3v) is 4.55. The standard InChI is InChI=1S/C19H18F3N3S/c1-25(2)12-15-9-6-13-4-3-5-17(18(13)23-15)24-26-16-10-7-14(8-11-16)19(20,21)22/h3-11,24H,12H2,1-2H3.